The smallest absolute Gasteiger partial charge is 0.183 e. The number of rotatable bonds is 3. The molecule has 3 heteroatoms. The van der Waals surface area contributed by atoms with Crippen molar-refractivity contribution in [2.75, 3.05) is 6.61 Å². The second-order valence-electron chi connectivity index (χ2n) is 5.19. The van der Waals surface area contributed by atoms with E-state index < -0.39 is 13.9 Å². The zero-order chi connectivity index (χ0) is 9.95. The Hall–Kier alpha value is 0.137. The van der Waals surface area contributed by atoms with Crippen LogP contribution in [0.25, 0.3) is 0 Å². The van der Waals surface area contributed by atoms with Crippen LogP contribution in [0.15, 0.2) is 0 Å². The van der Waals surface area contributed by atoms with Gasteiger partial charge in [0.1, 0.15) is 0 Å². The third-order valence-corrected chi connectivity index (χ3v) is 3.57. The van der Waals surface area contributed by atoms with E-state index in [9.17, 15) is 5.11 Å². The molecule has 1 fully saturated rings. The summed E-state index contributed by atoms with van der Waals surface area (Å²) in [6.07, 6.45) is 5.45. The van der Waals surface area contributed by atoms with E-state index in [1.165, 1.54) is 6.42 Å². The number of aliphatic hydroxyl groups is 1. The Morgan fingerprint density at radius 3 is 2.15 bits per heavy atom. The summed E-state index contributed by atoms with van der Waals surface area (Å²) in [6.45, 7) is 7.06. The minimum absolute atomic E-state index is 0.501. The van der Waals surface area contributed by atoms with Crippen LogP contribution in [0.2, 0.25) is 19.6 Å². The Morgan fingerprint density at radius 1 is 1.15 bits per heavy atom. The van der Waals surface area contributed by atoms with Crippen molar-refractivity contribution in [2.24, 2.45) is 0 Å². The number of hydrogen-bond acceptors (Lipinski definition) is 2. The average molecular weight is 202 g/mol. The Balaban J connectivity index is 2.33. The Labute approximate surface area is 82.4 Å². The van der Waals surface area contributed by atoms with E-state index in [1.54, 1.807) is 0 Å². The van der Waals surface area contributed by atoms with Crippen molar-refractivity contribution in [2.45, 2.75) is 57.3 Å². The highest BCUT2D eigenvalue weighted by Gasteiger charge is 2.31. The zero-order valence-corrected chi connectivity index (χ0v) is 10.1. The SMILES string of the molecule is C[Si](C)(C)OCC1(O)CCCCC1. The van der Waals surface area contributed by atoms with Crippen molar-refractivity contribution in [3.05, 3.63) is 0 Å². The zero-order valence-electron chi connectivity index (χ0n) is 9.10. The summed E-state index contributed by atoms with van der Waals surface area (Å²) in [5.74, 6) is 0. The molecule has 0 spiro atoms. The van der Waals surface area contributed by atoms with Gasteiger partial charge in [-0.05, 0) is 32.5 Å². The molecule has 1 N–H and O–H groups in total. The van der Waals surface area contributed by atoms with E-state index in [0.717, 1.165) is 25.7 Å². The topological polar surface area (TPSA) is 29.5 Å². The summed E-state index contributed by atoms with van der Waals surface area (Å²) in [4.78, 5) is 0. The highest BCUT2D eigenvalue weighted by molar-refractivity contribution is 6.69. The van der Waals surface area contributed by atoms with Gasteiger partial charge in [0, 0.05) is 0 Å². The molecule has 0 aromatic heterocycles. The molecule has 0 saturated heterocycles. The van der Waals surface area contributed by atoms with Crippen LogP contribution in [0, 0.1) is 0 Å². The highest BCUT2D eigenvalue weighted by Crippen LogP contribution is 2.28. The Kier molecular flexibility index (Phi) is 3.55. The van der Waals surface area contributed by atoms with Crippen LogP contribution in [-0.4, -0.2) is 25.6 Å². The van der Waals surface area contributed by atoms with E-state index >= 15 is 0 Å². The Bertz CT molecular complexity index is 157. The minimum Gasteiger partial charge on any atom is -0.415 e. The molecule has 0 atom stereocenters. The van der Waals surface area contributed by atoms with Gasteiger partial charge in [-0.2, -0.15) is 0 Å². The van der Waals surface area contributed by atoms with Crippen molar-refractivity contribution in [3.8, 4) is 0 Å². The fraction of sp³-hybridized carbons (Fsp3) is 1.00. The lowest BCUT2D eigenvalue weighted by Gasteiger charge is -2.34. The standard InChI is InChI=1S/C10H22O2Si/c1-13(2,3)12-9-10(11)7-5-4-6-8-10/h11H,4-9H2,1-3H3. The summed E-state index contributed by atoms with van der Waals surface area (Å²) < 4.78 is 5.76. The summed E-state index contributed by atoms with van der Waals surface area (Å²) in [5, 5.41) is 10.1. The molecular formula is C10H22O2Si. The predicted molar refractivity (Wildman–Crippen MR) is 57.3 cm³/mol. The van der Waals surface area contributed by atoms with E-state index in [1.807, 2.05) is 0 Å². The first-order chi connectivity index (χ1) is 5.91. The maximum atomic E-state index is 10.1. The van der Waals surface area contributed by atoms with Crippen molar-refractivity contribution >= 4 is 8.32 Å². The molecule has 0 amide bonds. The third kappa shape index (κ3) is 4.25. The maximum Gasteiger partial charge on any atom is 0.183 e. The first-order valence-corrected chi connectivity index (χ1v) is 8.69. The summed E-state index contributed by atoms with van der Waals surface area (Å²) in [7, 11) is -1.45. The largest absolute Gasteiger partial charge is 0.415 e. The molecule has 0 unspecified atom stereocenters. The first kappa shape index (κ1) is 11.2. The van der Waals surface area contributed by atoms with Gasteiger partial charge in [0.15, 0.2) is 8.32 Å². The lowest BCUT2D eigenvalue weighted by molar-refractivity contribution is -0.0362. The summed E-state index contributed by atoms with van der Waals surface area (Å²) in [5.41, 5.74) is -0.501. The van der Waals surface area contributed by atoms with Crippen LogP contribution < -0.4 is 0 Å². The van der Waals surface area contributed by atoms with Crippen LogP contribution in [0.3, 0.4) is 0 Å². The second kappa shape index (κ2) is 4.11. The molecule has 1 aliphatic rings. The Morgan fingerprint density at radius 2 is 1.69 bits per heavy atom. The van der Waals surface area contributed by atoms with Crippen LogP contribution in [-0.2, 0) is 4.43 Å². The molecule has 13 heavy (non-hydrogen) atoms. The van der Waals surface area contributed by atoms with Gasteiger partial charge in [0.2, 0.25) is 0 Å². The maximum absolute atomic E-state index is 10.1. The molecular weight excluding hydrogens is 180 g/mol. The molecule has 1 aliphatic carbocycles. The van der Waals surface area contributed by atoms with Gasteiger partial charge in [0.05, 0.1) is 12.2 Å². The molecule has 1 saturated carbocycles. The second-order valence-corrected chi connectivity index (χ2v) is 9.70. The van der Waals surface area contributed by atoms with Crippen LogP contribution in [0.4, 0.5) is 0 Å². The first-order valence-electron chi connectivity index (χ1n) is 5.28. The lowest BCUT2D eigenvalue weighted by atomic mass is 9.86. The molecule has 0 bridgehead atoms. The van der Waals surface area contributed by atoms with Crippen LogP contribution in [0.1, 0.15) is 32.1 Å². The molecule has 0 heterocycles. The molecule has 0 aromatic rings. The summed E-state index contributed by atoms with van der Waals surface area (Å²) in [6, 6.07) is 0. The highest BCUT2D eigenvalue weighted by atomic mass is 28.4. The van der Waals surface area contributed by atoms with Crippen molar-refractivity contribution in [1.29, 1.82) is 0 Å². The van der Waals surface area contributed by atoms with Gasteiger partial charge in [-0.25, -0.2) is 0 Å². The van der Waals surface area contributed by atoms with E-state index in [-0.39, 0.29) is 0 Å². The predicted octanol–water partition coefficient (Wildman–Crippen LogP) is 2.53. The minimum atomic E-state index is -1.45. The van der Waals surface area contributed by atoms with E-state index in [2.05, 4.69) is 19.6 Å². The van der Waals surface area contributed by atoms with Gasteiger partial charge in [-0.3, -0.25) is 0 Å². The van der Waals surface area contributed by atoms with Gasteiger partial charge in [-0.1, -0.05) is 19.3 Å². The number of hydrogen-bond donors (Lipinski definition) is 1. The monoisotopic (exact) mass is 202 g/mol. The molecule has 0 aliphatic heterocycles. The van der Waals surface area contributed by atoms with Gasteiger partial charge in [-0.15, -0.1) is 0 Å². The summed E-state index contributed by atoms with van der Waals surface area (Å²) >= 11 is 0. The molecule has 78 valence electrons. The van der Waals surface area contributed by atoms with Gasteiger partial charge < -0.3 is 9.53 Å². The van der Waals surface area contributed by atoms with Crippen molar-refractivity contribution in [3.63, 3.8) is 0 Å². The van der Waals surface area contributed by atoms with E-state index in [0.29, 0.717) is 6.61 Å². The average Bonchev–Trinajstić information content (AvgIpc) is 2.02. The molecule has 2 nitrogen and oxygen atoms in total. The van der Waals surface area contributed by atoms with Crippen LogP contribution >= 0.6 is 0 Å². The molecule has 0 aromatic carbocycles. The molecule has 0 radical (unpaired) electrons. The fourth-order valence-electron chi connectivity index (χ4n) is 1.71. The molecule has 1 rings (SSSR count). The van der Waals surface area contributed by atoms with Crippen LogP contribution in [0.5, 0.6) is 0 Å². The van der Waals surface area contributed by atoms with Gasteiger partial charge >= 0.3 is 0 Å². The van der Waals surface area contributed by atoms with Crippen molar-refractivity contribution in [1.82, 2.24) is 0 Å². The quantitative estimate of drug-likeness (QED) is 0.713. The lowest BCUT2D eigenvalue weighted by Crippen LogP contribution is -2.41. The third-order valence-electron chi connectivity index (χ3n) is 2.56. The van der Waals surface area contributed by atoms with E-state index in [4.69, 9.17) is 4.43 Å². The fourth-order valence-corrected chi connectivity index (χ4v) is 2.41. The van der Waals surface area contributed by atoms with Gasteiger partial charge in [0.25, 0.3) is 0 Å². The normalized spacial score (nSPS) is 23.1. The van der Waals surface area contributed by atoms with Crippen molar-refractivity contribution < 1.29 is 9.53 Å².